The third-order valence-corrected chi connectivity index (χ3v) is 6.27. The van der Waals surface area contributed by atoms with Gasteiger partial charge in [0.2, 0.25) is 0 Å². The van der Waals surface area contributed by atoms with Crippen LogP contribution in [0.1, 0.15) is 33.9 Å². The number of nitrogens with zero attached hydrogens (tertiary/aromatic N) is 2. The minimum atomic E-state index is -0.0488. The van der Waals surface area contributed by atoms with Crippen LogP contribution in [0.4, 0.5) is 0 Å². The first-order valence-electron chi connectivity index (χ1n) is 11.7. The zero-order valence-electron chi connectivity index (χ0n) is 19.3. The molecule has 1 fully saturated rings. The zero-order valence-corrected chi connectivity index (χ0v) is 19.3. The van der Waals surface area contributed by atoms with Gasteiger partial charge in [-0.15, -0.1) is 0 Å². The molecule has 1 aliphatic heterocycles. The molecule has 0 spiro atoms. The summed E-state index contributed by atoms with van der Waals surface area (Å²) in [5, 5.41) is 3.03. The maximum atomic E-state index is 12.4. The molecular formula is C28H33N3O2. The normalized spacial score (nSPS) is 14.8. The summed E-state index contributed by atoms with van der Waals surface area (Å²) in [4.78, 5) is 17.5. The number of piperazine rings is 1. The van der Waals surface area contributed by atoms with Crippen molar-refractivity contribution in [1.29, 1.82) is 0 Å². The van der Waals surface area contributed by atoms with Gasteiger partial charge in [-0.05, 0) is 42.3 Å². The van der Waals surface area contributed by atoms with E-state index in [0.717, 1.165) is 39.1 Å². The van der Waals surface area contributed by atoms with Crippen LogP contribution in [0.2, 0.25) is 0 Å². The predicted octanol–water partition coefficient (Wildman–Crippen LogP) is 4.22. The Balaban J connectivity index is 1.25. The highest BCUT2D eigenvalue weighted by molar-refractivity contribution is 5.94. The van der Waals surface area contributed by atoms with Crippen molar-refractivity contribution in [3.8, 4) is 5.75 Å². The van der Waals surface area contributed by atoms with Gasteiger partial charge in [0.05, 0.1) is 13.2 Å². The minimum absolute atomic E-state index is 0.0488. The maximum Gasteiger partial charge on any atom is 0.251 e. The number of methoxy groups -OCH3 is 1. The van der Waals surface area contributed by atoms with Gasteiger partial charge in [0.25, 0.3) is 5.91 Å². The highest BCUT2D eigenvalue weighted by Gasteiger charge is 2.26. The molecule has 33 heavy (non-hydrogen) atoms. The SMILES string of the molecule is COc1cccc(C(=O)NCCCN2CCN(C(c3ccccc3)c3ccccc3)CC2)c1. The smallest absolute Gasteiger partial charge is 0.251 e. The molecular weight excluding hydrogens is 410 g/mol. The molecule has 3 aromatic carbocycles. The third kappa shape index (κ3) is 6.21. The first-order valence-corrected chi connectivity index (χ1v) is 11.7. The average molecular weight is 444 g/mol. The fourth-order valence-corrected chi connectivity index (χ4v) is 4.50. The van der Waals surface area contributed by atoms with E-state index in [9.17, 15) is 4.79 Å². The molecule has 1 amide bonds. The molecule has 1 N–H and O–H groups in total. The lowest BCUT2D eigenvalue weighted by atomic mass is 9.96. The van der Waals surface area contributed by atoms with Crippen LogP contribution in [-0.2, 0) is 0 Å². The Bertz CT molecular complexity index is 962. The summed E-state index contributed by atoms with van der Waals surface area (Å²) in [7, 11) is 1.61. The van der Waals surface area contributed by atoms with E-state index in [1.54, 1.807) is 13.2 Å². The Morgan fingerprint density at radius 3 is 2.12 bits per heavy atom. The van der Waals surface area contributed by atoms with E-state index in [1.807, 2.05) is 18.2 Å². The Kier molecular flexibility index (Phi) is 8.12. The molecule has 1 heterocycles. The van der Waals surface area contributed by atoms with Gasteiger partial charge < -0.3 is 15.0 Å². The molecule has 0 bridgehead atoms. The summed E-state index contributed by atoms with van der Waals surface area (Å²) in [6.45, 7) is 5.82. The van der Waals surface area contributed by atoms with Crippen LogP contribution in [0, 0.1) is 0 Å². The summed E-state index contributed by atoms with van der Waals surface area (Å²) in [5.74, 6) is 0.650. The molecule has 0 aromatic heterocycles. The van der Waals surface area contributed by atoms with Gasteiger partial charge in [-0.25, -0.2) is 0 Å². The molecule has 5 heteroatoms. The Morgan fingerprint density at radius 2 is 1.52 bits per heavy atom. The van der Waals surface area contributed by atoms with Crippen LogP contribution in [-0.4, -0.2) is 62.1 Å². The first kappa shape index (κ1) is 23.0. The highest BCUT2D eigenvalue weighted by Crippen LogP contribution is 2.29. The van der Waals surface area contributed by atoms with E-state index in [2.05, 4.69) is 75.8 Å². The fraction of sp³-hybridized carbons (Fsp3) is 0.321. The molecule has 5 nitrogen and oxygen atoms in total. The second-order valence-electron chi connectivity index (χ2n) is 8.44. The van der Waals surface area contributed by atoms with E-state index < -0.39 is 0 Å². The lowest BCUT2D eigenvalue weighted by Gasteiger charge is -2.39. The van der Waals surface area contributed by atoms with E-state index in [0.29, 0.717) is 17.9 Å². The number of carbonyl (C=O) groups excluding carboxylic acids is 1. The fourth-order valence-electron chi connectivity index (χ4n) is 4.50. The quantitative estimate of drug-likeness (QED) is 0.503. The second-order valence-corrected chi connectivity index (χ2v) is 8.44. The number of hydrogen-bond donors (Lipinski definition) is 1. The highest BCUT2D eigenvalue weighted by atomic mass is 16.5. The van der Waals surface area contributed by atoms with E-state index in [4.69, 9.17) is 4.74 Å². The summed E-state index contributed by atoms with van der Waals surface area (Å²) in [6, 6.07) is 29.1. The Morgan fingerprint density at radius 1 is 0.879 bits per heavy atom. The van der Waals surface area contributed by atoms with Gasteiger partial charge >= 0.3 is 0 Å². The number of carbonyl (C=O) groups is 1. The van der Waals surface area contributed by atoms with Crippen molar-refractivity contribution in [3.05, 3.63) is 102 Å². The van der Waals surface area contributed by atoms with E-state index in [1.165, 1.54) is 11.1 Å². The number of ether oxygens (including phenoxy) is 1. The van der Waals surface area contributed by atoms with Crippen LogP contribution in [0.15, 0.2) is 84.9 Å². The molecule has 0 saturated carbocycles. The minimum Gasteiger partial charge on any atom is -0.497 e. The van der Waals surface area contributed by atoms with E-state index in [-0.39, 0.29) is 11.9 Å². The van der Waals surface area contributed by atoms with Crippen LogP contribution in [0.25, 0.3) is 0 Å². The van der Waals surface area contributed by atoms with Crippen LogP contribution >= 0.6 is 0 Å². The molecule has 4 rings (SSSR count). The molecule has 0 unspecified atom stereocenters. The van der Waals surface area contributed by atoms with Crippen molar-refractivity contribution in [2.45, 2.75) is 12.5 Å². The standard InChI is InChI=1S/C28H33N3O2/c1-33-26-15-8-14-25(22-26)28(32)29-16-9-17-30-18-20-31(21-19-30)27(23-10-4-2-5-11-23)24-12-6-3-7-13-24/h2-8,10-15,22,27H,9,16-21H2,1H3,(H,29,32). The average Bonchev–Trinajstić information content (AvgIpc) is 2.89. The molecule has 172 valence electrons. The van der Waals surface area contributed by atoms with Crippen LogP contribution in [0.3, 0.4) is 0 Å². The zero-order chi connectivity index (χ0) is 22.9. The number of nitrogens with one attached hydrogen (secondary N) is 1. The van der Waals surface area contributed by atoms with Gasteiger partial charge in [-0.3, -0.25) is 9.69 Å². The number of hydrogen-bond acceptors (Lipinski definition) is 4. The van der Waals surface area contributed by atoms with Gasteiger partial charge in [-0.2, -0.15) is 0 Å². The second kappa shape index (κ2) is 11.6. The molecule has 3 aromatic rings. The molecule has 1 aliphatic rings. The number of amides is 1. The van der Waals surface area contributed by atoms with Crippen molar-refractivity contribution in [2.24, 2.45) is 0 Å². The summed E-state index contributed by atoms with van der Waals surface area (Å²) in [5.41, 5.74) is 3.32. The molecule has 0 aliphatic carbocycles. The van der Waals surface area contributed by atoms with Gasteiger partial charge in [-0.1, -0.05) is 66.7 Å². The topological polar surface area (TPSA) is 44.8 Å². The summed E-state index contributed by atoms with van der Waals surface area (Å²) in [6.07, 6.45) is 0.941. The van der Waals surface area contributed by atoms with Crippen molar-refractivity contribution >= 4 is 5.91 Å². The largest absolute Gasteiger partial charge is 0.497 e. The molecule has 1 saturated heterocycles. The van der Waals surface area contributed by atoms with E-state index >= 15 is 0 Å². The van der Waals surface area contributed by atoms with Crippen molar-refractivity contribution < 1.29 is 9.53 Å². The maximum absolute atomic E-state index is 12.4. The lowest BCUT2D eigenvalue weighted by molar-refractivity contribution is 0.0941. The summed E-state index contributed by atoms with van der Waals surface area (Å²) < 4.78 is 5.20. The van der Waals surface area contributed by atoms with Crippen molar-refractivity contribution in [3.63, 3.8) is 0 Å². The van der Waals surface area contributed by atoms with Crippen LogP contribution in [0.5, 0.6) is 5.75 Å². The van der Waals surface area contributed by atoms with Crippen molar-refractivity contribution in [2.75, 3.05) is 46.4 Å². The Hall–Kier alpha value is -3.15. The third-order valence-electron chi connectivity index (χ3n) is 6.27. The first-order chi connectivity index (χ1) is 16.2. The van der Waals surface area contributed by atoms with Gasteiger partial charge in [0.15, 0.2) is 0 Å². The lowest BCUT2D eigenvalue weighted by Crippen LogP contribution is -2.48. The summed E-state index contributed by atoms with van der Waals surface area (Å²) >= 11 is 0. The monoisotopic (exact) mass is 443 g/mol. The molecule has 0 radical (unpaired) electrons. The Labute approximate surface area is 197 Å². The molecule has 0 atom stereocenters. The predicted molar refractivity (Wildman–Crippen MR) is 133 cm³/mol. The number of rotatable bonds is 9. The number of benzene rings is 3. The van der Waals surface area contributed by atoms with Crippen molar-refractivity contribution in [1.82, 2.24) is 15.1 Å². The van der Waals surface area contributed by atoms with Gasteiger partial charge in [0.1, 0.15) is 5.75 Å². The van der Waals surface area contributed by atoms with Crippen LogP contribution < -0.4 is 10.1 Å². The van der Waals surface area contributed by atoms with Gasteiger partial charge in [0, 0.05) is 38.3 Å².